The van der Waals surface area contributed by atoms with E-state index in [0.717, 1.165) is 36.5 Å². The third kappa shape index (κ3) is 8.49. The van der Waals surface area contributed by atoms with Gasteiger partial charge in [0.25, 0.3) is 0 Å². The summed E-state index contributed by atoms with van der Waals surface area (Å²) in [5.41, 5.74) is 6.18. The molecule has 0 atom stereocenters. The van der Waals surface area contributed by atoms with Crippen molar-refractivity contribution in [3.8, 4) is 0 Å². The molecule has 0 heterocycles. The maximum atomic E-state index is 2.44. The zero-order chi connectivity index (χ0) is 25.0. The van der Waals surface area contributed by atoms with Gasteiger partial charge in [0.05, 0.1) is 0 Å². The van der Waals surface area contributed by atoms with Crippen molar-refractivity contribution in [2.75, 3.05) is 0 Å². The summed E-state index contributed by atoms with van der Waals surface area (Å²) in [6.07, 6.45) is 25.1. The monoisotopic (exact) mass is 486 g/mol. The summed E-state index contributed by atoms with van der Waals surface area (Å²) in [6.45, 7) is 4.63. The average Bonchev–Trinajstić information content (AvgIpc) is 2.94. The second-order valence-corrected chi connectivity index (χ2v) is 12.4. The number of aryl methyl sites for hydroxylation is 2. The van der Waals surface area contributed by atoms with Crippen LogP contribution in [0.5, 0.6) is 0 Å². The van der Waals surface area contributed by atoms with Gasteiger partial charge in [0.2, 0.25) is 0 Å². The number of hydrogen-bond acceptors (Lipinski definition) is 0. The quantitative estimate of drug-likeness (QED) is 0.247. The highest BCUT2D eigenvalue weighted by Crippen LogP contribution is 2.39. The van der Waals surface area contributed by atoms with E-state index in [0.29, 0.717) is 0 Å². The largest absolute Gasteiger partial charge is 0.0654 e. The smallest absolute Gasteiger partial charge is 0.0162 e. The van der Waals surface area contributed by atoms with Gasteiger partial charge in [-0.15, -0.1) is 0 Å². The van der Waals surface area contributed by atoms with Gasteiger partial charge in [0, 0.05) is 0 Å². The fourth-order valence-corrected chi connectivity index (χ4v) is 7.14. The summed E-state index contributed by atoms with van der Waals surface area (Å²) in [4.78, 5) is 0. The Hall–Kier alpha value is -1.56. The van der Waals surface area contributed by atoms with E-state index in [1.807, 2.05) is 0 Å². The Labute approximate surface area is 223 Å². The lowest BCUT2D eigenvalue weighted by Crippen LogP contribution is -2.13. The van der Waals surface area contributed by atoms with E-state index in [9.17, 15) is 0 Å². The molecule has 2 fully saturated rings. The van der Waals surface area contributed by atoms with Crippen LogP contribution < -0.4 is 0 Å². The van der Waals surface area contributed by atoms with Crippen LogP contribution in [0.1, 0.15) is 151 Å². The first-order valence-corrected chi connectivity index (χ1v) is 15.9. The molecule has 2 saturated carbocycles. The predicted octanol–water partition coefficient (Wildman–Crippen LogP) is 11.2. The van der Waals surface area contributed by atoms with E-state index in [1.165, 1.54) is 114 Å². The molecule has 2 aliphatic rings. The number of hydrogen-bond donors (Lipinski definition) is 0. The van der Waals surface area contributed by atoms with Crippen LogP contribution in [0.25, 0.3) is 0 Å². The Morgan fingerprint density at radius 3 is 1.17 bits per heavy atom. The van der Waals surface area contributed by atoms with Gasteiger partial charge in [0.1, 0.15) is 0 Å². The molecule has 0 saturated heterocycles. The summed E-state index contributed by atoms with van der Waals surface area (Å²) in [7, 11) is 0. The number of benzene rings is 2. The third-order valence-corrected chi connectivity index (χ3v) is 9.73. The van der Waals surface area contributed by atoms with Crippen molar-refractivity contribution >= 4 is 0 Å². The Kier molecular flexibility index (Phi) is 11.4. The van der Waals surface area contributed by atoms with E-state index < -0.39 is 0 Å². The molecule has 0 nitrogen and oxygen atoms in total. The minimum Gasteiger partial charge on any atom is -0.0654 e. The molecule has 0 radical (unpaired) electrons. The zero-order valence-corrected chi connectivity index (χ0v) is 23.7. The summed E-state index contributed by atoms with van der Waals surface area (Å²) in [5, 5.41) is 0. The average molecular weight is 487 g/mol. The van der Waals surface area contributed by atoms with Gasteiger partial charge in [0.15, 0.2) is 0 Å². The molecule has 0 spiro atoms. The molecular weight excluding hydrogens is 432 g/mol. The molecule has 198 valence electrons. The molecule has 0 amide bonds. The van der Waals surface area contributed by atoms with Crippen LogP contribution in [0.15, 0.2) is 48.5 Å². The molecule has 0 aromatic heterocycles. The fraction of sp³-hybridized carbons (Fsp3) is 0.667. The number of rotatable bonds is 13. The third-order valence-electron chi connectivity index (χ3n) is 9.73. The van der Waals surface area contributed by atoms with Crippen LogP contribution in [-0.2, 0) is 12.8 Å². The Bertz CT molecular complexity index is 755. The molecule has 36 heavy (non-hydrogen) atoms. The van der Waals surface area contributed by atoms with Gasteiger partial charge in [-0.1, -0.05) is 114 Å². The van der Waals surface area contributed by atoms with Crippen LogP contribution in [0.2, 0.25) is 0 Å². The van der Waals surface area contributed by atoms with E-state index in [1.54, 1.807) is 11.1 Å². The normalized spacial score (nSPS) is 24.6. The van der Waals surface area contributed by atoms with Crippen molar-refractivity contribution in [1.82, 2.24) is 0 Å². The van der Waals surface area contributed by atoms with Crippen LogP contribution >= 0.6 is 0 Å². The summed E-state index contributed by atoms with van der Waals surface area (Å²) >= 11 is 0. The van der Waals surface area contributed by atoms with Gasteiger partial charge < -0.3 is 0 Å². The molecule has 2 aromatic carbocycles. The lowest BCUT2D eigenvalue weighted by molar-refractivity contribution is 0.303. The molecule has 0 N–H and O–H groups in total. The van der Waals surface area contributed by atoms with E-state index in [2.05, 4.69) is 62.4 Å². The van der Waals surface area contributed by atoms with E-state index in [-0.39, 0.29) is 0 Å². The highest BCUT2D eigenvalue weighted by molar-refractivity contribution is 5.29. The topological polar surface area (TPSA) is 0 Å². The molecule has 2 aromatic rings. The number of unbranched alkanes of at least 4 members (excludes halogenated alkanes) is 4. The molecule has 4 rings (SSSR count). The van der Waals surface area contributed by atoms with Crippen LogP contribution in [0, 0.1) is 11.8 Å². The second-order valence-electron chi connectivity index (χ2n) is 12.4. The molecule has 0 aliphatic heterocycles. The fourth-order valence-electron chi connectivity index (χ4n) is 7.14. The summed E-state index contributed by atoms with van der Waals surface area (Å²) in [6, 6.07) is 19.4. The van der Waals surface area contributed by atoms with Crippen molar-refractivity contribution < 1.29 is 0 Å². The van der Waals surface area contributed by atoms with Crippen molar-refractivity contribution in [2.24, 2.45) is 11.8 Å². The zero-order valence-electron chi connectivity index (χ0n) is 23.7. The minimum atomic E-state index is 0.806. The van der Waals surface area contributed by atoms with Crippen LogP contribution in [-0.4, -0.2) is 0 Å². The SMILES string of the molecule is CCCCC[C@H]1CC[C@H](c2ccc(CCc3ccc([C@H]4CC[C@H](CCCCC)CC4)cc3)cc2)CC1. The molecule has 0 bridgehead atoms. The first kappa shape index (κ1) is 27.5. The molecule has 0 heteroatoms. The van der Waals surface area contributed by atoms with Crippen LogP contribution in [0.3, 0.4) is 0 Å². The van der Waals surface area contributed by atoms with Gasteiger partial charge in [-0.05, 0) is 110 Å². The highest BCUT2D eigenvalue weighted by atomic mass is 14.3. The van der Waals surface area contributed by atoms with Crippen molar-refractivity contribution in [3.63, 3.8) is 0 Å². The van der Waals surface area contributed by atoms with Crippen LogP contribution in [0.4, 0.5) is 0 Å². The maximum absolute atomic E-state index is 2.44. The second kappa shape index (κ2) is 15.0. The van der Waals surface area contributed by atoms with E-state index >= 15 is 0 Å². The Morgan fingerprint density at radius 2 is 0.833 bits per heavy atom. The van der Waals surface area contributed by atoms with Crippen molar-refractivity contribution in [2.45, 2.75) is 141 Å². The maximum Gasteiger partial charge on any atom is -0.0162 e. The highest BCUT2D eigenvalue weighted by Gasteiger charge is 2.23. The van der Waals surface area contributed by atoms with Gasteiger partial charge in [-0.3, -0.25) is 0 Å². The lowest BCUT2D eigenvalue weighted by atomic mass is 9.77. The van der Waals surface area contributed by atoms with E-state index in [4.69, 9.17) is 0 Å². The Balaban J connectivity index is 1.17. The molecule has 2 aliphatic carbocycles. The molecular formula is C36H54. The van der Waals surface area contributed by atoms with Gasteiger partial charge in [-0.2, -0.15) is 0 Å². The molecule has 0 unspecified atom stereocenters. The summed E-state index contributed by atoms with van der Waals surface area (Å²) in [5.74, 6) is 3.62. The minimum absolute atomic E-state index is 0.806. The Morgan fingerprint density at radius 1 is 0.472 bits per heavy atom. The summed E-state index contributed by atoms with van der Waals surface area (Å²) < 4.78 is 0. The lowest BCUT2D eigenvalue weighted by Gasteiger charge is -2.29. The standard InChI is InChI=1S/C36H54/c1-3-5-7-9-29-13-21-33(22-14-29)35-25-17-31(18-26-35)11-12-32-19-27-36(28-20-32)34-23-15-30(16-24-34)10-8-6-4-2/h17-20,25-30,33-34H,3-16,21-24H2,1-2H3/t29-,30-,33-,34-. The van der Waals surface area contributed by atoms with Crippen molar-refractivity contribution in [3.05, 3.63) is 70.8 Å². The van der Waals surface area contributed by atoms with Gasteiger partial charge in [-0.25, -0.2) is 0 Å². The predicted molar refractivity (Wildman–Crippen MR) is 158 cm³/mol. The van der Waals surface area contributed by atoms with Crippen molar-refractivity contribution in [1.29, 1.82) is 0 Å². The first-order valence-electron chi connectivity index (χ1n) is 15.9. The first-order chi connectivity index (χ1) is 17.7. The van der Waals surface area contributed by atoms with Gasteiger partial charge >= 0.3 is 0 Å².